The Labute approximate surface area is 138 Å². The highest BCUT2D eigenvalue weighted by molar-refractivity contribution is 5.95. The van der Waals surface area contributed by atoms with Crippen LogP contribution in [0.4, 0.5) is 0 Å². The Morgan fingerprint density at radius 2 is 1.22 bits per heavy atom. The molecule has 0 aliphatic heterocycles. The number of hydrogen-bond donors (Lipinski definition) is 2. The van der Waals surface area contributed by atoms with Gasteiger partial charge < -0.3 is 10.6 Å². The first-order valence-corrected chi connectivity index (χ1v) is 7.65. The normalized spacial score (nSPS) is 8.57. The van der Waals surface area contributed by atoms with Gasteiger partial charge in [0.2, 0.25) is 0 Å². The lowest BCUT2D eigenvalue weighted by molar-refractivity contribution is 0.0954. The summed E-state index contributed by atoms with van der Waals surface area (Å²) in [4.78, 5) is 22.0. The maximum absolute atomic E-state index is 11.1. The van der Waals surface area contributed by atoms with Crippen molar-refractivity contribution in [2.75, 3.05) is 14.1 Å². The maximum Gasteiger partial charge on any atom is 0.251 e. The van der Waals surface area contributed by atoms with Gasteiger partial charge in [-0.2, -0.15) is 0 Å². The fraction of sp³-hybridized carbons (Fsp3) is 0.263. The van der Waals surface area contributed by atoms with Gasteiger partial charge >= 0.3 is 0 Å². The van der Waals surface area contributed by atoms with Gasteiger partial charge in [-0.3, -0.25) is 9.59 Å². The summed E-state index contributed by atoms with van der Waals surface area (Å²) >= 11 is 0. The molecule has 2 rings (SSSR count). The third-order valence-electron chi connectivity index (χ3n) is 2.88. The maximum atomic E-state index is 11.1. The topological polar surface area (TPSA) is 58.2 Å². The zero-order chi connectivity index (χ0) is 17.7. The van der Waals surface area contributed by atoms with Crippen LogP contribution in [-0.2, 0) is 0 Å². The van der Waals surface area contributed by atoms with Crippen molar-refractivity contribution in [3.8, 4) is 0 Å². The fourth-order valence-electron chi connectivity index (χ4n) is 1.70. The lowest BCUT2D eigenvalue weighted by Gasteiger charge is -2.01. The van der Waals surface area contributed by atoms with Crippen LogP contribution >= 0.6 is 0 Å². The van der Waals surface area contributed by atoms with Gasteiger partial charge in [-0.1, -0.05) is 50.2 Å². The molecule has 0 bridgehead atoms. The lowest BCUT2D eigenvalue weighted by atomic mass is 10.1. The predicted molar refractivity (Wildman–Crippen MR) is 95.7 cm³/mol. The molecule has 4 heteroatoms. The molecule has 2 aromatic rings. The van der Waals surface area contributed by atoms with Crippen molar-refractivity contribution in [1.29, 1.82) is 0 Å². The van der Waals surface area contributed by atoms with Gasteiger partial charge in [-0.15, -0.1) is 0 Å². The van der Waals surface area contributed by atoms with Crippen molar-refractivity contribution in [2.45, 2.75) is 20.8 Å². The molecule has 124 valence electrons. The molecule has 0 radical (unpaired) electrons. The highest BCUT2D eigenvalue weighted by atomic mass is 16.2. The molecule has 0 aromatic heterocycles. The van der Waals surface area contributed by atoms with Crippen molar-refractivity contribution in [2.24, 2.45) is 0 Å². The van der Waals surface area contributed by atoms with Crippen molar-refractivity contribution >= 4 is 11.8 Å². The molecule has 0 aliphatic carbocycles. The molecule has 2 aromatic carbocycles. The van der Waals surface area contributed by atoms with Gasteiger partial charge in [-0.25, -0.2) is 0 Å². The quantitative estimate of drug-likeness (QED) is 0.892. The summed E-state index contributed by atoms with van der Waals surface area (Å²) in [6, 6.07) is 16.6. The van der Waals surface area contributed by atoms with Crippen LogP contribution in [0.1, 0.15) is 40.1 Å². The van der Waals surface area contributed by atoms with E-state index in [4.69, 9.17) is 0 Å². The van der Waals surface area contributed by atoms with Crippen LogP contribution in [0, 0.1) is 6.92 Å². The van der Waals surface area contributed by atoms with E-state index in [2.05, 4.69) is 10.6 Å². The van der Waals surface area contributed by atoms with Gasteiger partial charge in [0.25, 0.3) is 11.8 Å². The van der Waals surface area contributed by atoms with Gasteiger partial charge in [0.15, 0.2) is 0 Å². The number of hydrogen-bond acceptors (Lipinski definition) is 2. The van der Waals surface area contributed by atoms with Gasteiger partial charge in [0.1, 0.15) is 0 Å². The third kappa shape index (κ3) is 7.27. The van der Waals surface area contributed by atoms with E-state index in [1.807, 2.05) is 63.2 Å². The van der Waals surface area contributed by atoms with E-state index < -0.39 is 0 Å². The van der Waals surface area contributed by atoms with Gasteiger partial charge in [0.05, 0.1) is 0 Å². The van der Waals surface area contributed by atoms with Crippen LogP contribution in [0.2, 0.25) is 0 Å². The molecule has 0 aliphatic rings. The minimum Gasteiger partial charge on any atom is -0.355 e. The van der Waals surface area contributed by atoms with E-state index in [9.17, 15) is 9.59 Å². The van der Waals surface area contributed by atoms with Crippen LogP contribution in [-0.4, -0.2) is 25.9 Å². The lowest BCUT2D eigenvalue weighted by Crippen LogP contribution is -2.18. The van der Waals surface area contributed by atoms with E-state index in [-0.39, 0.29) is 11.8 Å². The Morgan fingerprint density at radius 3 is 1.70 bits per heavy atom. The molecular weight excluding hydrogens is 288 g/mol. The van der Waals surface area contributed by atoms with Crippen LogP contribution in [0.5, 0.6) is 0 Å². The molecular formula is C19H26N2O2. The average Bonchev–Trinajstić information content (AvgIpc) is 2.63. The Hall–Kier alpha value is -2.62. The van der Waals surface area contributed by atoms with Gasteiger partial charge in [-0.05, 0) is 30.7 Å². The highest BCUT2D eigenvalue weighted by Gasteiger charge is 2.03. The number of rotatable bonds is 2. The first-order valence-electron chi connectivity index (χ1n) is 7.65. The molecule has 0 atom stereocenters. The standard InChI is InChI=1S/C9H11NO.C8H9NO.C2H6/c1-7-5-3-4-6-8(7)9(11)10-2;1-9-8(10)7-5-3-2-4-6-7;1-2/h3-6H,1-2H3,(H,10,11);2-6H,1H3,(H,9,10);1-2H3. The molecule has 0 heterocycles. The van der Waals surface area contributed by atoms with Crippen molar-refractivity contribution in [3.05, 3.63) is 71.3 Å². The van der Waals surface area contributed by atoms with E-state index in [1.165, 1.54) is 0 Å². The average molecular weight is 314 g/mol. The molecule has 0 saturated heterocycles. The Balaban J connectivity index is 0.000000381. The molecule has 0 saturated carbocycles. The number of carbonyl (C=O) groups is 2. The molecule has 0 fully saturated rings. The summed E-state index contributed by atoms with van der Waals surface area (Å²) < 4.78 is 0. The SMILES string of the molecule is CC.CNC(=O)c1ccccc1.CNC(=O)c1ccccc1C. The Morgan fingerprint density at radius 1 is 0.739 bits per heavy atom. The van der Waals surface area contributed by atoms with Crippen LogP contribution in [0.15, 0.2) is 54.6 Å². The van der Waals surface area contributed by atoms with E-state index in [0.29, 0.717) is 5.56 Å². The largest absolute Gasteiger partial charge is 0.355 e. The zero-order valence-corrected chi connectivity index (χ0v) is 14.5. The third-order valence-corrected chi connectivity index (χ3v) is 2.88. The summed E-state index contributed by atoms with van der Waals surface area (Å²) in [5.74, 6) is -0.0660. The Bertz CT molecular complexity index is 595. The van der Waals surface area contributed by atoms with Crippen LogP contribution in [0.3, 0.4) is 0 Å². The summed E-state index contributed by atoms with van der Waals surface area (Å²) in [5, 5.41) is 5.13. The van der Waals surface area contributed by atoms with Gasteiger partial charge in [0, 0.05) is 25.2 Å². The summed E-state index contributed by atoms with van der Waals surface area (Å²) in [7, 11) is 3.25. The van der Waals surface area contributed by atoms with Crippen molar-refractivity contribution in [1.82, 2.24) is 10.6 Å². The monoisotopic (exact) mass is 314 g/mol. The Kier molecular flexibility index (Phi) is 10.6. The first kappa shape index (κ1) is 20.4. The van der Waals surface area contributed by atoms with Crippen molar-refractivity contribution < 1.29 is 9.59 Å². The minimum atomic E-state index is -0.0411. The predicted octanol–water partition coefficient (Wildman–Crippen LogP) is 3.43. The summed E-state index contributed by atoms with van der Waals surface area (Å²) in [5.41, 5.74) is 2.45. The van der Waals surface area contributed by atoms with E-state index in [1.54, 1.807) is 26.2 Å². The summed E-state index contributed by atoms with van der Waals surface area (Å²) in [6.45, 7) is 5.92. The summed E-state index contributed by atoms with van der Waals surface area (Å²) in [6.07, 6.45) is 0. The highest BCUT2D eigenvalue weighted by Crippen LogP contribution is 2.05. The minimum absolute atomic E-state index is 0.0249. The number of carbonyl (C=O) groups excluding carboxylic acids is 2. The molecule has 2 amide bonds. The molecule has 0 unspecified atom stereocenters. The number of amides is 2. The van der Waals surface area contributed by atoms with Crippen molar-refractivity contribution in [3.63, 3.8) is 0 Å². The molecule has 0 spiro atoms. The molecule has 2 N–H and O–H groups in total. The van der Waals surface area contributed by atoms with E-state index in [0.717, 1.165) is 11.1 Å². The second kappa shape index (κ2) is 12.0. The first-order chi connectivity index (χ1) is 11.1. The molecule has 4 nitrogen and oxygen atoms in total. The second-order valence-electron chi connectivity index (χ2n) is 4.34. The zero-order valence-electron chi connectivity index (χ0n) is 14.5. The second-order valence-corrected chi connectivity index (χ2v) is 4.34. The number of aryl methyl sites for hydroxylation is 1. The molecule has 23 heavy (non-hydrogen) atoms. The fourth-order valence-corrected chi connectivity index (χ4v) is 1.70. The smallest absolute Gasteiger partial charge is 0.251 e. The van der Waals surface area contributed by atoms with Crippen LogP contribution < -0.4 is 10.6 Å². The number of benzene rings is 2. The van der Waals surface area contributed by atoms with Crippen LogP contribution in [0.25, 0.3) is 0 Å². The van der Waals surface area contributed by atoms with E-state index >= 15 is 0 Å². The number of nitrogens with one attached hydrogen (secondary N) is 2.